The molecule has 0 fully saturated rings. The Morgan fingerprint density at radius 3 is 2.53 bits per heavy atom. The summed E-state index contributed by atoms with van der Waals surface area (Å²) in [6.45, 7) is 2.38. The Balaban J connectivity index is 1.91. The molecule has 0 spiro atoms. The Morgan fingerprint density at radius 2 is 1.74 bits per heavy atom. The molecule has 0 heterocycles. The lowest BCUT2D eigenvalue weighted by Crippen LogP contribution is -2.18. The highest BCUT2D eigenvalue weighted by molar-refractivity contribution is 5.33. The molecule has 0 radical (unpaired) electrons. The van der Waals surface area contributed by atoms with Gasteiger partial charge in [0.1, 0.15) is 11.5 Å². The van der Waals surface area contributed by atoms with Gasteiger partial charge in [0, 0.05) is 20.2 Å². The van der Waals surface area contributed by atoms with E-state index in [9.17, 15) is 0 Å². The molecule has 0 aliphatic rings. The maximum absolute atomic E-state index is 5.79. The minimum Gasteiger partial charge on any atom is -0.457 e. The third-order valence-corrected chi connectivity index (χ3v) is 2.69. The van der Waals surface area contributed by atoms with Crippen LogP contribution >= 0.6 is 0 Å². The van der Waals surface area contributed by atoms with E-state index in [0.717, 1.165) is 31.2 Å². The second kappa shape index (κ2) is 7.56. The van der Waals surface area contributed by atoms with Gasteiger partial charge in [0.2, 0.25) is 0 Å². The summed E-state index contributed by atoms with van der Waals surface area (Å²) in [6, 6.07) is 17.9. The topological polar surface area (TPSA) is 30.5 Å². The van der Waals surface area contributed by atoms with Gasteiger partial charge in [-0.15, -0.1) is 0 Å². The summed E-state index contributed by atoms with van der Waals surface area (Å²) in [5.74, 6) is 1.71. The highest BCUT2D eigenvalue weighted by Crippen LogP contribution is 2.21. The third kappa shape index (κ3) is 4.73. The van der Waals surface area contributed by atoms with Crippen molar-refractivity contribution < 1.29 is 9.47 Å². The van der Waals surface area contributed by atoms with Crippen molar-refractivity contribution in [2.24, 2.45) is 0 Å². The number of para-hydroxylation sites is 1. The Labute approximate surface area is 114 Å². The summed E-state index contributed by atoms with van der Waals surface area (Å²) in [5, 5.41) is 3.31. The van der Waals surface area contributed by atoms with Crippen LogP contribution in [-0.4, -0.2) is 20.3 Å². The van der Waals surface area contributed by atoms with Crippen LogP contribution in [0, 0.1) is 0 Å². The van der Waals surface area contributed by atoms with Crippen molar-refractivity contribution in [1.29, 1.82) is 0 Å². The average molecular weight is 257 g/mol. The van der Waals surface area contributed by atoms with Gasteiger partial charge in [0.05, 0.1) is 6.61 Å². The zero-order chi connectivity index (χ0) is 13.3. The van der Waals surface area contributed by atoms with Gasteiger partial charge in [-0.1, -0.05) is 30.3 Å². The molecule has 2 aromatic rings. The van der Waals surface area contributed by atoms with E-state index < -0.39 is 0 Å². The van der Waals surface area contributed by atoms with Crippen molar-refractivity contribution in [3.05, 3.63) is 60.2 Å². The van der Waals surface area contributed by atoms with E-state index in [1.165, 1.54) is 5.56 Å². The average Bonchev–Trinajstić information content (AvgIpc) is 2.45. The Morgan fingerprint density at radius 1 is 0.947 bits per heavy atom. The Bertz CT molecular complexity index is 485. The van der Waals surface area contributed by atoms with Crippen molar-refractivity contribution in [2.45, 2.75) is 6.54 Å². The molecule has 0 saturated heterocycles. The van der Waals surface area contributed by atoms with Crippen molar-refractivity contribution >= 4 is 0 Å². The molecule has 2 rings (SSSR count). The zero-order valence-corrected chi connectivity index (χ0v) is 11.1. The van der Waals surface area contributed by atoms with Crippen molar-refractivity contribution in [2.75, 3.05) is 20.3 Å². The van der Waals surface area contributed by atoms with E-state index in [1.54, 1.807) is 7.11 Å². The third-order valence-electron chi connectivity index (χ3n) is 2.69. The van der Waals surface area contributed by atoms with Crippen LogP contribution in [0.4, 0.5) is 0 Å². The fraction of sp³-hybridized carbons (Fsp3) is 0.250. The lowest BCUT2D eigenvalue weighted by atomic mass is 10.2. The minimum absolute atomic E-state index is 0.722. The molecule has 100 valence electrons. The number of benzene rings is 2. The molecule has 0 atom stereocenters. The van der Waals surface area contributed by atoms with Gasteiger partial charge in [-0.3, -0.25) is 0 Å². The first-order valence-electron chi connectivity index (χ1n) is 6.40. The SMILES string of the molecule is COCCNCc1cccc(Oc2ccccc2)c1. The van der Waals surface area contributed by atoms with Crippen LogP contribution in [0.25, 0.3) is 0 Å². The maximum Gasteiger partial charge on any atom is 0.127 e. The first-order valence-corrected chi connectivity index (χ1v) is 6.40. The van der Waals surface area contributed by atoms with Crippen LogP contribution < -0.4 is 10.1 Å². The molecule has 0 aliphatic heterocycles. The van der Waals surface area contributed by atoms with Crippen LogP contribution in [0.15, 0.2) is 54.6 Å². The predicted molar refractivity (Wildman–Crippen MR) is 76.5 cm³/mol. The van der Waals surface area contributed by atoms with E-state index in [-0.39, 0.29) is 0 Å². The van der Waals surface area contributed by atoms with E-state index in [4.69, 9.17) is 9.47 Å². The summed E-state index contributed by atoms with van der Waals surface area (Å²) < 4.78 is 10.8. The van der Waals surface area contributed by atoms with Gasteiger partial charge in [0.25, 0.3) is 0 Å². The molecule has 3 nitrogen and oxygen atoms in total. The van der Waals surface area contributed by atoms with Crippen LogP contribution in [-0.2, 0) is 11.3 Å². The second-order valence-electron chi connectivity index (χ2n) is 4.23. The normalized spacial score (nSPS) is 10.4. The van der Waals surface area contributed by atoms with Gasteiger partial charge < -0.3 is 14.8 Å². The van der Waals surface area contributed by atoms with Crippen LogP contribution in [0.2, 0.25) is 0 Å². The van der Waals surface area contributed by atoms with Crippen LogP contribution in [0.1, 0.15) is 5.56 Å². The maximum atomic E-state index is 5.79. The molecule has 0 aliphatic carbocycles. The highest BCUT2D eigenvalue weighted by Gasteiger charge is 1.98. The predicted octanol–water partition coefficient (Wildman–Crippen LogP) is 3.21. The van der Waals surface area contributed by atoms with Gasteiger partial charge in [0.15, 0.2) is 0 Å². The lowest BCUT2D eigenvalue weighted by Gasteiger charge is -2.08. The fourth-order valence-corrected chi connectivity index (χ4v) is 1.75. The lowest BCUT2D eigenvalue weighted by molar-refractivity contribution is 0.199. The Kier molecular flexibility index (Phi) is 5.41. The smallest absolute Gasteiger partial charge is 0.127 e. The standard InChI is InChI=1S/C16H19NO2/c1-18-11-10-17-13-14-6-5-9-16(12-14)19-15-7-3-2-4-8-15/h2-9,12,17H,10-11,13H2,1H3. The first kappa shape index (κ1) is 13.6. The molecule has 19 heavy (non-hydrogen) atoms. The zero-order valence-electron chi connectivity index (χ0n) is 11.1. The van der Waals surface area contributed by atoms with Gasteiger partial charge >= 0.3 is 0 Å². The first-order chi connectivity index (χ1) is 9.38. The molecular formula is C16H19NO2. The summed E-state index contributed by atoms with van der Waals surface area (Å²) >= 11 is 0. The van der Waals surface area contributed by atoms with Crippen molar-refractivity contribution in [3.63, 3.8) is 0 Å². The number of nitrogens with one attached hydrogen (secondary N) is 1. The molecule has 2 aromatic carbocycles. The number of rotatable bonds is 7. The Hall–Kier alpha value is -1.84. The van der Waals surface area contributed by atoms with Crippen LogP contribution in [0.5, 0.6) is 11.5 Å². The van der Waals surface area contributed by atoms with E-state index in [1.807, 2.05) is 48.5 Å². The van der Waals surface area contributed by atoms with Gasteiger partial charge in [-0.25, -0.2) is 0 Å². The van der Waals surface area contributed by atoms with Crippen molar-refractivity contribution in [1.82, 2.24) is 5.32 Å². The summed E-state index contributed by atoms with van der Waals surface area (Å²) in [4.78, 5) is 0. The number of ether oxygens (including phenoxy) is 2. The van der Waals surface area contributed by atoms with Crippen LogP contribution in [0.3, 0.4) is 0 Å². The molecular weight excluding hydrogens is 238 g/mol. The summed E-state index contributed by atoms with van der Waals surface area (Å²) in [7, 11) is 1.70. The van der Waals surface area contributed by atoms with E-state index >= 15 is 0 Å². The van der Waals surface area contributed by atoms with Crippen molar-refractivity contribution in [3.8, 4) is 11.5 Å². The second-order valence-corrected chi connectivity index (χ2v) is 4.23. The summed E-state index contributed by atoms with van der Waals surface area (Å²) in [6.07, 6.45) is 0. The van der Waals surface area contributed by atoms with Gasteiger partial charge in [-0.2, -0.15) is 0 Å². The molecule has 3 heteroatoms. The molecule has 0 aromatic heterocycles. The molecule has 0 bridgehead atoms. The fourth-order valence-electron chi connectivity index (χ4n) is 1.75. The number of methoxy groups -OCH3 is 1. The highest BCUT2D eigenvalue weighted by atomic mass is 16.5. The largest absolute Gasteiger partial charge is 0.457 e. The molecule has 0 saturated carbocycles. The quantitative estimate of drug-likeness (QED) is 0.773. The minimum atomic E-state index is 0.722. The van der Waals surface area contributed by atoms with E-state index in [2.05, 4.69) is 11.4 Å². The molecule has 0 amide bonds. The van der Waals surface area contributed by atoms with E-state index in [0.29, 0.717) is 0 Å². The molecule has 0 unspecified atom stereocenters. The molecule has 1 N–H and O–H groups in total. The summed E-state index contributed by atoms with van der Waals surface area (Å²) in [5.41, 5.74) is 1.20. The monoisotopic (exact) mass is 257 g/mol. The number of hydrogen-bond donors (Lipinski definition) is 1. The number of hydrogen-bond acceptors (Lipinski definition) is 3. The van der Waals surface area contributed by atoms with Gasteiger partial charge in [-0.05, 0) is 29.8 Å².